The van der Waals surface area contributed by atoms with E-state index < -0.39 is 6.10 Å². The molecule has 3 aromatic rings. The highest BCUT2D eigenvalue weighted by Crippen LogP contribution is 2.30. The molecule has 20 heavy (non-hydrogen) atoms. The molecular weight excluding hydrogens is 248 g/mol. The molecule has 0 radical (unpaired) electrons. The van der Waals surface area contributed by atoms with Crippen LogP contribution in [-0.2, 0) is 6.42 Å². The molecule has 1 aromatic heterocycles. The van der Waals surface area contributed by atoms with Crippen LogP contribution in [0.4, 0.5) is 0 Å². The summed E-state index contributed by atoms with van der Waals surface area (Å²) in [6.45, 7) is 3.79. The van der Waals surface area contributed by atoms with Crippen LogP contribution in [-0.4, -0.2) is 5.11 Å². The van der Waals surface area contributed by atoms with E-state index in [1.54, 1.807) is 6.08 Å². The number of hydrogen-bond donors (Lipinski definition) is 1. The van der Waals surface area contributed by atoms with Crippen molar-refractivity contribution in [3.05, 3.63) is 78.1 Å². The lowest BCUT2D eigenvalue weighted by molar-refractivity contribution is 0.178. The highest BCUT2D eigenvalue weighted by Gasteiger charge is 2.16. The van der Waals surface area contributed by atoms with Gasteiger partial charge in [-0.2, -0.15) is 0 Å². The molecule has 1 atom stereocenters. The normalized spacial score (nSPS) is 12.4. The first-order valence-electron chi connectivity index (χ1n) is 6.65. The second-order valence-corrected chi connectivity index (χ2v) is 4.78. The fourth-order valence-corrected chi connectivity index (χ4v) is 2.48. The summed E-state index contributed by atoms with van der Waals surface area (Å²) in [5.41, 5.74) is 2.75. The van der Waals surface area contributed by atoms with Crippen molar-refractivity contribution in [2.75, 3.05) is 0 Å². The van der Waals surface area contributed by atoms with E-state index in [0.717, 1.165) is 27.9 Å². The van der Waals surface area contributed by atoms with Gasteiger partial charge in [-0.25, -0.2) is 0 Å². The van der Waals surface area contributed by atoms with Crippen LogP contribution in [0, 0.1) is 0 Å². The first-order valence-corrected chi connectivity index (χ1v) is 6.65. The summed E-state index contributed by atoms with van der Waals surface area (Å²) in [4.78, 5) is 0. The summed E-state index contributed by atoms with van der Waals surface area (Å²) < 4.78 is 5.76. The van der Waals surface area contributed by atoms with E-state index in [1.807, 2.05) is 54.6 Å². The molecule has 1 N–H and O–H groups in total. The average molecular weight is 264 g/mol. The van der Waals surface area contributed by atoms with Gasteiger partial charge >= 0.3 is 0 Å². The number of aliphatic hydroxyl groups excluding tert-OH is 1. The van der Waals surface area contributed by atoms with Crippen LogP contribution in [0.3, 0.4) is 0 Å². The highest BCUT2D eigenvalue weighted by atomic mass is 16.3. The van der Waals surface area contributed by atoms with E-state index in [0.29, 0.717) is 6.42 Å². The average Bonchev–Trinajstić information content (AvgIpc) is 2.86. The molecule has 3 rings (SSSR count). The van der Waals surface area contributed by atoms with E-state index in [2.05, 4.69) is 6.58 Å². The van der Waals surface area contributed by atoms with Gasteiger partial charge in [-0.1, -0.05) is 55.1 Å². The summed E-state index contributed by atoms with van der Waals surface area (Å²) in [6, 6.07) is 17.5. The van der Waals surface area contributed by atoms with E-state index in [9.17, 15) is 5.11 Å². The Labute approximate surface area is 118 Å². The third-order valence-corrected chi connectivity index (χ3v) is 3.50. The zero-order valence-electron chi connectivity index (χ0n) is 11.1. The van der Waals surface area contributed by atoms with Crippen molar-refractivity contribution in [3.8, 4) is 0 Å². The van der Waals surface area contributed by atoms with Crippen LogP contribution in [0.1, 0.15) is 23.0 Å². The van der Waals surface area contributed by atoms with Gasteiger partial charge in [0, 0.05) is 17.4 Å². The number of fused-ring (bicyclic) bond motifs is 1. The van der Waals surface area contributed by atoms with Gasteiger partial charge in [0.2, 0.25) is 0 Å². The Kier molecular flexibility index (Phi) is 3.40. The van der Waals surface area contributed by atoms with Crippen LogP contribution in [0.5, 0.6) is 0 Å². The molecule has 0 aliphatic heterocycles. The largest absolute Gasteiger partial charge is 0.456 e. The number of benzene rings is 2. The molecule has 0 bridgehead atoms. The van der Waals surface area contributed by atoms with Gasteiger partial charge in [-0.3, -0.25) is 0 Å². The maximum atomic E-state index is 10.4. The molecule has 1 heterocycles. The van der Waals surface area contributed by atoms with E-state index in [1.165, 1.54) is 0 Å². The topological polar surface area (TPSA) is 33.4 Å². The minimum Gasteiger partial charge on any atom is -0.456 e. The van der Waals surface area contributed by atoms with Crippen LogP contribution in [0.2, 0.25) is 0 Å². The molecule has 100 valence electrons. The zero-order chi connectivity index (χ0) is 13.9. The zero-order valence-corrected chi connectivity index (χ0v) is 11.1. The number of para-hydroxylation sites is 1. The number of furan rings is 1. The van der Waals surface area contributed by atoms with Gasteiger partial charge in [0.15, 0.2) is 0 Å². The molecule has 2 heteroatoms. The molecule has 0 fully saturated rings. The second kappa shape index (κ2) is 5.35. The fourth-order valence-electron chi connectivity index (χ4n) is 2.48. The molecule has 2 aromatic carbocycles. The summed E-state index contributed by atoms with van der Waals surface area (Å²) in [5.74, 6) is 0.737. The minimum absolute atomic E-state index is 0.516. The Balaban J connectivity index is 2.00. The van der Waals surface area contributed by atoms with Crippen molar-refractivity contribution in [2.45, 2.75) is 12.5 Å². The monoisotopic (exact) mass is 264 g/mol. The molecule has 2 nitrogen and oxygen atoms in total. The lowest BCUT2D eigenvalue weighted by atomic mass is 9.99. The third-order valence-electron chi connectivity index (χ3n) is 3.50. The van der Waals surface area contributed by atoms with Crippen LogP contribution < -0.4 is 0 Å². The van der Waals surface area contributed by atoms with Gasteiger partial charge in [0.05, 0.1) is 6.10 Å². The highest BCUT2D eigenvalue weighted by molar-refractivity contribution is 5.84. The van der Waals surface area contributed by atoms with Crippen molar-refractivity contribution in [3.63, 3.8) is 0 Å². The Morgan fingerprint density at radius 3 is 2.50 bits per heavy atom. The minimum atomic E-state index is -0.545. The second-order valence-electron chi connectivity index (χ2n) is 4.78. The van der Waals surface area contributed by atoms with Crippen molar-refractivity contribution in [2.24, 2.45) is 0 Å². The standard InChI is InChI=1S/C18H16O2/c1-2-17-15(14-10-6-7-11-18(14)20-17)12-16(19)13-8-4-3-5-9-13/h2-11,16,19H,1,12H2. The summed E-state index contributed by atoms with van der Waals surface area (Å²) >= 11 is 0. The van der Waals surface area contributed by atoms with Crippen LogP contribution >= 0.6 is 0 Å². The number of rotatable bonds is 4. The first-order chi connectivity index (χ1) is 9.79. The molecule has 1 unspecified atom stereocenters. The molecule has 0 aliphatic carbocycles. The predicted octanol–water partition coefficient (Wildman–Crippen LogP) is 4.35. The van der Waals surface area contributed by atoms with Gasteiger partial charge in [0.25, 0.3) is 0 Å². The van der Waals surface area contributed by atoms with Gasteiger partial charge in [0.1, 0.15) is 11.3 Å². The summed E-state index contributed by atoms with van der Waals surface area (Å²) in [5, 5.41) is 11.4. The first kappa shape index (κ1) is 12.7. The molecular formula is C18H16O2. The maximum absolute atomic E-state index is 10.4. The lowest BCUT2D eigenvalue weighted by Crippen LogP contribution is -2.02. The quantitative estimate of drug-likeness (QED) is 0.760. The maximum Gasteiger partial charge on any atom is 0.135 e. The summed E-state index contributed by atoms with van der Waals surface area (Å²) in [6.07, 6.45) is 1.67. The smallest absolute Gasteiger partial charge is 0.135 e. The molecule has 0 saturated heterocycles. The molecule has 0 amide bonds. The Bertz CT molecular complexity index is 726. The van der Waals surface area contributed by atoms with Crippen LogP contribution in [0.15, 0.2) is 65.6 Å². The Morgan fingerprint density at radius 1 is 1.05 bits per heavy atom. The van der Waals surface area contributed by atoms with Crippen molar-refractivity contribution >= 4 is 17.0 Å². The predicted molar refractivity (Wildman–Crippen MR) is 81.4 cm³/mol. The molecule has 0 aliphatic rings. The molecule has 0 spiro atoms. The van der Waals surface area contributed by atoms with Gasteiger partial charge in [-0.15, -0.1) is 0 Å². The third kappa shape index (κ3) is 2.26. The number of aliphatic hydroxyl groups is 1. The van der Waals surface area contributed by atoms with E-state index >= 15 is 0 Å². The van der Waals surface area contributed by atoms with Gasteiger partial charge in [-0.05, 0) is 17.7 Å². The van der Waals surface area contributed by atoms with Crippen molar-refractivity contribution in [1.29, 1.82) is 0 Å². The molecule has 0 saturated carbocycles. The Morgan fingerprint density at radius 2 is 1.75 bits per heavy atom. The van der Waals surface area contributed by atoms with Crippen molar-refractivity contribution < 1.29 is 9.52 Å². The SMILES string of the molecule is C=Cc1oc2ccccc2c1CC(O)c1ccccc1. The van der Waals surface area contributed by atoms with E-state index in [-0.39, 0.29) is 0 Å². The lowest BCUT2D eigenvalue weighted by Gasteiger charge is -2.10. The Hall–Kier alpha value is -2.32. The van der Waals surface area contributed by atoms with E-state index in [4.69, 9.17) is 4.42 Å². The van der Waals surface area contributed by atoms with Gasteiger partial charge < -0.3 is 9.52 Å². The fraction of sp³-hybridized carbons (Fsp3) is 0.111. The van der Waals surface area contributed by atoms with Crippen LogP contribution in [0.25, 0.3) is 17.0 Å². The summed E-state index contributed by atoms with van der Waals surface area (Å²) in [7, 11) is 0. The van der Waals surface area contributed by atoms with Crippen molar-refractivity contribution in [1.82, 2.24) is 0 Å². The number of hydrogen-bond acceptors (Lipinski definition) is 2.